The van der Waals surface area contributed by atoms with E-state index >= 15 is 0 Å². The van der Waals surface area contributed by atoms with Gasteiger partial charge in [0.2, 0.25) is 5.91 Å². The van der Waals surface area contributed by atoms with Gasteiger partial charge in [-0.25, -0.2) is 4.98 Å². The van der Waals surface area contributed by atoms with E-state index in [2.05, 4.69) is 17.2 Å². The van der Waals surface area contributed by atoms with E-state index in [4.69, 9.17) is 9.47 Å². The second-order valence-electron chi connectivity index (χ2n) is 5.95. The first kappa shape index (κ1) is 16.8. The number of aryl methyl sites for hydroxylation is 2. The highest BCUT2D eigenvalue weighted by atomic mass is 32.1. The van der Waals surface area contributed by atoms with E-state index in [1.54, 1.807) is 18.4 Å². The third-order valence-electron chi connectivity index (χ3n) is 4.26. The minimum Gasteiger partial charge on any atom is -0.493 e. The number of hydrogen-bond acceptors (Lipinski definition) is 5. The van der Waals surface area contributed by atoms with E-state index in [9.17, 15) is 4.79 Å². The summed E-state index contributed by atoms with van der Waals surface area (Å²) in [6.07, 6.45) is 1.44. The second-order valence-corrected chi connectivity index (χ2v) is 7.24. The molecule has 3 rings (SSSR count). The number of thiazole rings is 1. The number of nitrogens with one attached hydrogen (secondary N) is 1. The molecular formula is C18H22N2O3S. The minimum atomic E-state index is -0.163. The van der Waals surface area contributed by atoms with Crippen molar-refractivity contribution < 1.29 is 14.3 Å². The van der Waals surface area contributed by atoms with Gasteiger partial charge in [-0.2, -0.15) is 0 Å². The van der Waals surface area contributed by atoms with E-state index in [0.29, 0.717) is 19.6 Å². The standard InChI is InChI=1S/C18H22N2O3S/c1-11-12(2)24-16(20-11)7-8-19-18(21)14-9-13-5-4-6-15(22-3)17(13)23-10-14/h4-6,14H,7-10H2,1-3H3,(H,19,21)/t14-/m1/s1. The normalized spacial score (nSPS) is 16.2. The molecule has 6 heteroatoms. The van der Waals surface area contributed by atoms with Crippen molar-refractivity contribution in [1.82, 2.24) is 10.3 Å². The van der Waals surface area contributed by atoms with Crippen molar-refractivity contribution in [3.05, 3.63) is 39.3 Å². The Balaban J connectivity index is 1.54. The van der Waals surface area contributed by atoms with E-state index in [1.165, 1.54) is 4.88 Å². The lowest BCUT2D eigenvalue weighted by molar-refractivity contribution is -0.126. The number of para-hydroxylation sites is 1. The highest BCUT2D eigenvalue weighted by Crippen LogP contribution is 2.36. The summed E-state index contributed by atoms with van der Waals surface area (Å²) in [6.45, 7) is 5.07. The molecule has 1 amide bonds. The third kappa shape index (κ3) is 3.53. The molecule has 24 heavy (non-hydrogen) atoms. The number of carbonyl (C=O) groups is 1. The Labute approximate surface area is 146 Å². The van der Waals surface area contributed by atoms with Crippen LogP contribution in [0.5, 0.6) is 11.5 Å². The lowest BCUT2D eigenvalue weighted by Crippen LogP contribution is -2.38. The van der Waals surface area contributed by atoms with Crippen LogP contribution in [-0.2, 0) is 17.6 Å². The number of carbonyl (C=O) groups excluding carboxylic acids is 1. The zero-order chi connectivity index (χ0) is 17.1. The van der Waals surface area contributed by atoms with Gasteiger partial charge in [-0.1, -0.05) is 12.1 Å². The van der Waals surface area contributed by atoms with Crippen molar-refractivity contribution in [1.29, 1.82) is 0 Å². The number of fused-ring (bicyclic) bond motifs is 1. The summed E-state index contributed by atoms with van der Waals surface area (Å²) < 4.78 is 11.1. The predicted molar refractivity (Wildman–Crippen MR) is 94.0 cm³/mol. The van der Waals surface area contributed by atoms with Gasteiger partial charge in [-0.15, -0.1) is 11.3 Å². The van der Waals surface area contributed by atoms with E-state index in [0.717, 1.165) is 34.2 Å². The van der Waals surface area contributed by atoms with Crippen LogP contribution in [0.25, 0.3) is 0 Å². The van der Waals surface area contributed by atoms with Gasteiger partial charge in [0.15, 0.2) is 11.5 Å². The highest BCUT2D eigenvalue weighted by molar-refractivity contribution is 7.11. The van der Waals surface area contributed by atoms with Gasteiger partial charge in [0.05, 0.1) is 23.7 Å². The molecule has 1 N–H and O–H groups in total. The predicted octanol–water partition coefficient (Wildman–Crippen LogP) is 2.68. The Morgan fingerprint density at radius 2 is 2.29 bits per heavy atom. The number of methoxy groups -OCH3 is 1. The van der Waals surface area contributed by atoms with Crippen molar-refractivity contribution in [2.75, 3.05) is 20.3 Å². The first-order chi connectivity index (χ1) is 11.6. The molecule has 5 nitrogen and oxygen atoms in total. The molecule has 0 unspecified atom stereocenters. The molecule has 0 fully saturated rings. The highest BCUT2D eigenvalue weighted by Gasteiger charge is 2.27. The number of benzene rings is 1. The summed E-state index contributed by atoms with van der Waals surface area (Å²) in [7, 11) is 1.62. The molecule has 0 saturated heterocycles. The molecule has 0 spiro atoms. The van der Waals surface area contributed by atoms with Crippen LogP contribution >= 0.6 is 11.3 Å². The quantitative estimate of drug-likeness (QED) is 0.904. The smallest absolute Gasteiger partial charge is 0.226 e. The maximum atomic E-state index is 12.4. The SMILES string of the molecule is COc1cccc2c1OC[C@H](C(=O)NCCc1nc(C)c(C)s1)C2. The molecule has 0 aliphatic carbocycles. The number of aromatic nitrogens is 1. The number of nitrogens with zero attached hydrogens (tertiary/aromatic N) is 1. The monoisotopic (exact) mass is 346 g/mol. The van der Waals surface area contributed by atoms with Crippen molar-refractivity contribution in [3.8, 4) is 11.5 Å². The van der Waals surface area contributed by atoms with Gasteiger partial charge in [0.25, 0.3) is 0 Å². The Hall–Kier alpha value is -2.08. The lowest BCUT2D eigenvalue weighted by Gasteiger charge is -2.25. The van der Waals surface area contributed by atoms with Crippen LogP contribution in [0, 0.1) is 19.8 Å². The van der Waals surface area contributed by atoms with Crippen molar-refractivity contribution in [2.24, 2.45) is 5.92 Å². The van der Waals surface area contributed by atoms with Gasteiger partial charge in [-0.05, 0) is 31.9 Å². The summed E-state index contributed by atoms with van der Waals surface area (Å²) in [4.78, 5) is 18.1. The van der Waals surface area contributed by atoms with Crippen LogP contribution in [0.2, 0.25) is 0 Å². The molecule has 2 aromatic rings. The molecule has 1 aromatic carbocycles. The van der Waals surface area contributed by atoms with Crippen molar-refractivity contribution in [3.63, 3.8) is 0 Å². The Kier molecular flexibility index (Phi) is 5.04. The van der Waals surface area contributed by atoms with E-state index in [1.807, 2.05) is 25.1 Å². The fourth-order valence-electron chi connectivity index (χ4n) is 2.81. The lowest BCUT2D eigenvalue weighted by atomic mass is 9.95. The fraction of sp³-hybridized carbons (Fsp3) is 0.444. The Morgan fingerprint density at radius 1 is 1.46 bits per heavy atom. The molecule has 0 saturated carbocycles. The molecule has 0 radical (unpaired) electrons. The average Bonchev–Trinajstić information content (AvgIpc) is 2.91. The summed E-state index contributed by atoms with van der Waals surface area (Å²) in [5.74, 6) is 1.36. The first-order valence-electron chi connectivity index (χ1n) is 8.07. The molecule has 1 aromatic heterocycles. The number of ether oxygens (including phenoxy) is 2. The van der Waals surface area contributed by atoms with E-state index < -0.39 is 0 Å². The first-order valence-corrected chi connectivity index (χ1v) is 8.89. The zero-order valence-electron chi connectivity index (χ0n) is 14.2. The average molecular weight is 346 g/mol. The van der Waals surface area contributed by atoms with Crippen LogP contribution in [0.15, 0.2) is 18.2 Å². The number of rotatable bonds is 5. The molecule has 2 heterocycles. The van der Waals surface area contributed by atoms with Crippen LogP contribution in [0.1, 0.15) is 21.1 Å². The molecule has 1 aliphatic rings. The molecule has 1 aliphatic heterocycles. The van der Waals surface area contributed by atoms with Crippen LogP contribution in [0.4, 0.5) is 0 Å². The molecular weight excluding hydrogens is 324 g/mol. The molecule has 128 valence electrons. The molecule has 0 bridgehead atoms. The minimum absolute atomic E-state index is 0.0356. The summed E-state index contributed by atoms with van der Waals surface area (Å²) in [5, 5.41) is 4.08. The number of amides is 1. The Morgan fingerprint density at radius 3 is 3.00 bits per heavy atom. The number of hydrogen-bond donors (Lipinski definition) is 1. The second kappa shape index (κ2) is 7.21. The molecule has 1 atom stereocenters. The summed E-state index contributed by atoms with van der Waals surface area (Å²) in [5.41, 5.74) is 2.10. The third-order valence-corrected chi connectivity index (χ3v) is 5.39. The van der Waals surface area contributed by atoms with Gasteiger partial charge < -0.3 is 14.8 Å². The summed E-state index contributed by atoms with van der Waals surface area (Å²) >= 11 is 1.70. The maximum absolute atomic E-state index is 12.4. The van der Waals surface area contributed by atoms with Crippen LogP contribution < -0.4 is 14.8 Å². The summed E-state index contributed by atoms with van der Waals surface area (Å²) in [6, 6.07) is 5.78. The van der Waals surface area contributed by atoms with Gasteiger partial charge in [0, 0.05) is 17.8 Å². The largest absolute Gasteiger partial charge is 0.493 e. The topological polar surface area (TPSA) is 60.5 Å². The fourth-order valence-corrected chi connectivity index (χ4v) is 3.74. The van der Waals surface area contributed by atoms with Gasteiger partial charge >= 0.3 is 0 Å². The maximum Gasteiger partial charge on any atom is 0.226 e. The van der Waals surface area contributed by atoms with Crippen LogP contribution in [0.3, 0.4) is 0 Å². The van der Waals surface area contributed by atoms with Crippen molar-refractivity contribution >= 4 is 17.2 Å². The zero-order valence-corrected chi connectivity index (χ0v) is 15.0. The van der Waals surface area contributed by atoms with Crippen LogP contribution in [-0.4, -0.2) is 31.2 Å². The Bertz CT molecular complexity index is 722. The van der Waals surface area contributed by atoms with Crippen molar-refractivity contribution in [2.45, 2.75) is 26.7 Å². The van der Waals surface area contributed by atoms with Gasteiger partial charge in [-0.3, -0.25) is 4.79 Å². The van der Waals surface area contributed by atoms with Gasteiger partial charge in [0.1, 0.15) is 6.61 Å². The van der Waals surface area contributed by atoms with E-state index in [-0.39, 0.29) is 11.8 Å².